The summed E-state index contributed by atoms with van der Waals surface area (Å²) < 4.78 is 5.59. The molecule has 0 fully saturated rings. The van der Waals surface area contributed by atoms with E-state index in [-0.39, 0.29) is 5.56 Å². The van der Waals surface area contributed by atoms with Crippen LogP contribution in [0, 0.1) is 20.8 Å². The highest BCUT2D eigenvalue weighted by atomic mass is 32.1. The van der Waals surface area contributed by atoms with Crippen molar-refractivity contribution in [1.29, 1.82) is 0 Å². The maximum Gasteiger partial charge on any atom is 0.297 e. The molecule has 0 saturated heterocycles. The number of thiazole rings is 1. The molecule has 0 aliphatic heterocycles. The predicted octanol–water partition coefficient (Wildman–Crippen LogP) is 3.38. The summed E-state index contributed by atoms with van der Waals surface area (Å²) in [6.07, 6.45) is 1.85. The van der Waals surface area contributed by atoms with Gasteiger partial charge in [-0.25, -0.2) is 9.67 Å². The van der Waals surface area contributed by atoms with Crippen LogP contribution in [0.25, 0.3) is 5.69 Å². The lowest BCUT2D eigenvalue weighted by molar-refractivity contribution is 0.630. The van der Waals surface area contributed by atoms with E-state index in [0.717, 1.165) is 21.9 Å². The Labute approximate surface area is 150 Å². The molecule has 0 radical (unpaired) electrons. The van der Waals surface area contributed by atoms with Gasteiger partial charge in [-0.3, -0.25) is 9.48 Å². The molecule has 0 saturated carbocycles. The molecule has 2 heterocycles. The van der Waals surface area contributed by atoms with Gasteiger partial charge in [-0.1, -0.05) is 24.3 Å². The topological polar surface area (TPSA) is 44.2 Å². The molecule has 6 heteroatoms. The normalized spacial score (nSPS) is 11.9. The predicted molar refractivity (Wildman–Crippen MR) is 103 cm³/mol. The zero-order chi connectivity index (χ0) is 18.1. The summed E-state index contributed by atoms with van der Waals surface area (Å²) in [6.45, 7) is 10.5. The zero-order valence-corrected chi connectivity index (χ0v) is 15.8. The van der Waals surface area contributed by atoms with Gasteiger partial charge in [-0.15, -0.1) is 17.9 Å². The second kappa shape index (κ2) is 6.72. The molecule has 0 unspecified atom stereocenters. The number of hydrogen-bond donors (Lipinski definition) is 0. The number of hydrogen-bond acceptors (Lipinski definition) is 3. The summed E-state index contributed by atoms with van der Waals surface area (Å²) >= 11 is 1.60. The van der Waals surface area contributed by atoms with Crippen molar-refractivity contribution in [1.82, 2.24) is 13.9 Å². The smallest absolute Gasteiger partial charge is 0.297 e. The van der Waals surface area contributed by atoms with E-state index in [1.54, 1.807) is 16.0 Å². The maximum absolute atomic E-state index is 13.0. The summed E-state index contributed by atoms with van der Waals surface area (Å²) in [5.41, 5.74) is 3.19. The molecule has 0 N–H and O–H groups in total. The molecule has 1 aromatic carbocycles. The third-order valence-corrected chi connectivity index (χ3v) is 5.53. The SMILES string of the molecule is C=CCn1c(C)c(C)sc1=Nc1c(C)n(C)n(-c2ccccc2)c1=O. The fourth-order valence-electron chi connectivity index (χ4n) is 2.81. The molecule has 0 aliphatic rings. The molecule has 3 aromatic rings. The van der Waals surface area contributed by atoms with E-state index in [2.05, 4.69) is 25.0 Å². The molecule has 25 heavy (non-hydrogen) atoms. The number of nitrogens with zero attached hydrogens (tertiary/aromatic N) is 4. The molecule has 2 aromatic heterocycles. The quantitative estimate of drug-likeness (QED) is 0.663. The van der Waals surface area contributed by atoms with Crippen molar-refractivity contribution >= 4 is 17.0 Å². The van der Waals surface area contributed by atoms with E-state index in [0.29, 0.717) is 12.2 Å². The highest BCUT2D eigenvalue weighted by Gasteiger charge is 2.16. The number of benzene rings is 1. The van der Waals surface area contributed by atoms with Gasteiger partial charge in [0.1, 0.15) is 0 Å². The summed E-state index contributed by atoms with van der Waals surface area (Å²) in [6, 6.07) is 9.62. The monoisotopic (exact) mass is 354 g/mol. The van der Waals surface area contributed by atoms with Crippen LogP contribution in [0.15, 0.2) is 52.8 Å². The van der Waals surface area contributed by atoms with Crippen LogP contribution in [-0.2, 0) is 13.6 Å². The first-order valence-electron chi connectivity index (χ1n) is 8.12. The van der Waals surface area contributed by atoms with Crippen molar-refractivity contribution < 1.29 is 0 Å². The first-order valence-corrected chi connectivity index (χ1v) is 8.93. The van der Waals surface area contributed by atoms with Crippen molar-refractivity contribution in [3.63, 3.8) is 0 Å². The Hall–Kier alpha value is -2.60. The Bertz CT molecular complexity index is 1050. The van der Waals surface area contributed by atoms with Crippen LogP contribution in [0.5, 0.6) is 0 Å². The van der Waals surface area contributed by atoms with E-state index >= 15 is 0 Å². The van der Waals surface area contributed by atoms with Crippen LogP contribution in [0.2, 0.25) is 0 Å². The molecule has 130 valence electrons. The Morgan fingerprint density at radius 2 is 1.84 bits per heavy atom. The molecular formula is C19H22N4OS. The maximum atomic E-state index is 13.0. The van der Waals surface area contributed by atoms with Gasteiger partial charge in [0.2, 0.25) is 0 Å². The van der Waals surface area contributed by atoms with Gasteiger partial charge >= 0.3 is 0 Å². The van der Waals surface area contributed by atoms with Gasteiger partial charge in [0, 0.05) is 24.2 Å². The fraction of sp³-hybridized carbons (Fsp3) is 0.263. The summed E-state index contributed by atoms with van der Waals surface area (Å²) in [5.74, 6) is 0. The van der Waals surface area contributed by atoms with Crippen LogP contribution in [0.3, 0.4) is 0 Å². The van der Waals surface area contributed by atoms with Gasteiger partial charge in [-0.2, -0.15) is 0 Å². The van der Waals surface area contributed by atoms with Crippen molar-refractivity contribution in [2.24, 2.45) is 12.0 Å². The van der Waals surface area contributed by atoms with E-state index in [4.69, 9.17) is 4.99 Å². The standard InChI is InChI=1S/C19H22N4OS/c1-6-12-22-13(2)15(4)25-19(22)20-17-14(3)21(5)23(18(17)24)16-10-8-7-9-11-16/h6-11H,1,12H2,2-5H3. The van der Waals surface area contributed by atoms with Crippen LogP contribution in [0.1, 0.15) is 16.3 Å². The number of rotatable bonds is 4. The van der Waals surface area contributed by atoms with Gasteiger partial charge in [0.15, 0.2) is 10.5 Å². The molecule has 0 bridgehead atoms. The second-order valence-electron chi connectivity index (χ2n) is 5.95. The number of allylic oxidation sites excluding steroid dienone is 1. The third-order valence-electron chi connectivity index (χ3n) is 4.43. The molecule has 3 rings (SSSR count). The van der Waals surface area contributed by atoms with Crippen LogP contribution < -0.4 is 10.4 Å². The van der Waals surface area contributed by atoms with Crippen LogP contribution in [0.4, 0.5) is 5.69 Å². The fourth-order valence-corrected chi connectivity index (χ4v) is 3.80. The Morgan fingerprint density at radius 3 is 2.48 bits per heavy atom. The van der Waals surface area contributed by atoms with Crippen molar-refractivity contribution in [2.45, 2.75) is 27.3 Å². The molecule has 5 nitrogen and oxygen atoms in total. The summed E-state index contributed by atoms with van der Waals surface area (Å²) in [7, 11) is 1.88. The molecule has 0 spiro atoms. The second-order valence-corrected chi connectivity index (χ2v) is 7.13. The third kappa shape index (κ3) is 2.93. The molecule has 0 atom stereocenters. The van der Waals surface area contributed by atoms with Crippen LogP contribution in [-0.4, -0.2) is 13.9 Å². The number of aromatic nitrogens is 3. The highest BCUT2D eigenvalue weighted by molar-refractivity contribution is 7.09. The average molecular weight is 354 g/mol. The minimum absolute atomic E-state index is 0.111. The first kappa shape index (κ1) is 17.2. The minimum Gasteiger partial charge on any atom is -0.317 e. The van der Waals surface area contributed by atoms with Crippen molar-refractivity contribution in [2.75, 3.05) is 0 Å². The minimum atomic E-state index is -0.111. The first-order chi connectivity index (χ1) is 12.0. The van der Waals surface area contributed by atoms with Crippen molar-refractivity contribution in [3.8, 4) is 5.69 Å². The van der Waals surface area contributed by atoms with Gasteiger partial charge < -0.3 is 4.57 Å². The van der Waals surface area contributed by atoms with Crippen molar-refractivity contribution in [3.05, 3.63) is 74.4 Å². The molecular weight excluding hydrogens is 332 g/mol. The average Bonchev–Trinajstić information content (AvgIpc) is 2.98. The van der Waals surface area contributed by atoms with E-state index < -0.39 is 0 Å². The molecule has 0 amide bonds. The van der Waals surface area contributed by atoms with Gasteiger partial charge in [-0.05, 0) is 32.9 Å². The van der Waals surface area contributed by atoms with Crippen LogP contribution >= 0.6 is 11.3 Å². The van der Waals surface area contributed by atoms with E-state index in [1.807, 2.05) is 55.1 Å². The lowest BCUT2D eigenvalue weighted by atomic mass is 10.3. The Kier molecular flexibility index (Phi) is 4.63. The van der Waals surface area contributed by atoms with Gasteiger partial charge in [0.25, 0.3) is 5.56 Å². The van der Waals surface area contributed by atoms with E-state index in [9.17, 15) is 4.79 Å². The number of para-hydroxylation sites is 1. The Balaban J connectivity index is 2.26. The zero-order valence-electron chi connectivity index (χ0n) is 15.0. The lowest BCUT2D eigenvalue weighted by Gasteiger charge is -2.07. The lowest BCUT2D eigenvalue weighted by Crippen LogP contribution is -2.20. The van der Waals surface area contributed by atoms with Gasteiger partial charge in [0.05, 0.1) is 11.4 Å². The summed E-state index contributed by atoms with van der Waals surface area (Å²) in [5, 5.41) is 0. The number of aryl methyl sites for hydroxylation is 1. The largest absolute Gasteiger partial charge is 0.317 e. The summed E-state index contributed by atoms with van der Waals surface area (Å²) in [4.78, 5) is 19.7. The van der Waals surface area contributed by atoms with E-state index in [1.165, 1.54) is 4.88 Å². The highest BCUT2D eigenvalue weighted by Crippen LogP contribution is 2.17. The molecule has 0 aliphatic carbocycles. The Morgan fingerprint density at radius 1 is 1.16 bits per heavy atom.